The van der Waals surface area contributed by atoms with Crippen LogP contribution in [-0.4, -0.2) is 18.4 Å². The number of benzene rings is 2. The average Bonchev–Trinajstić information content (AvgIpc) is 2.67. The fourth-order valence-corrected chi connectivity index (χ4v) is 3.31. The van der Waals surface area contributed by atoms with Gasteiger partial charge in [0.15, 0.2) is 5.78 Å². The Morgan fingerprint density at radius 1 is 1.04 bits per heavy atom. The molecule has 1 aliphatic carbocycles. The second-order valence-electron chi connectivity index (χ2n) is 6.32. The molecule has 0 aliphatic heterocycles. The minimum atomic E-state index is -0.772. The highest BCUT2D eigenvalue weighted by atomic mass is 16.5. The van der Waals surface area contributed by atoms with Gasteiger partial charge in [-0.15, -0.1) is 0 Å². The van der Waals surface area contributed by atoms with Crippen LogP contribution in [-0.2, 0) is 14.3 Å². The minimum Gasteiger partial charge on any atom is -0.465 e. The first-order valence-electron chi connectivity index (χ1n) is 8.88. The molecule has 132 valence electrons. The Bertz CT molecular complexity index is 819. The predicted molar refractivity (Wildman–Crippen MR) is 102 cm³/mol. The van der Waals surface area contributed by atoms with Crippen LogP contribution in [0.15, 0.2) is 78.4 Å². The molecule has 3 rings (SSSR count). The van der Waals surface area contributed by atoms with E-state index in [1.54, 1.807) is 13.0 Å². The van der Waals surface area contributed by atoms with Crippen molar-refractivity contribution < 1.29 is 14.3 Å². The zero-order chi connectivity index (χ0) is 18.4. The normalized spacial score (nSPS) is 20.0. The summed E-state index contributed by atoms with van der Waals surface area (Å²) in [5.41, 5.74) is 2.98. The topological polar surface area (TPSA) is 43.4 Å². The lowest BCUT2D eigenvalue weighted by Gasteiger charge is -2.28. The lowest BCUT2D eigenvalue weighted by atomic mass is 9.75. The van der Waals surface area contributed by atoms with Crippen LogP contribution in [0.1, 0.15) is 30.4 Å². The van der Waals surface area contributed by atoms with Gasteiger partial charge in [-0.1, -0.05) is 72.8 Å². The first kappa shape index (κ1) is 17.9. The van der Waals surface area contributed by atoms with E-state index in [1.807, 2.05) is 72.8 Å². The third-order valence-electron chi connectivity index (χ3n) is 4.55. The fraction of sp³-hybridized carbons (Fsp3) is 0.217. The molecule has 0 N–H and O–H groups in total. The molecule has 1 aliphatic rings. The highest BCUT2D eigenvalue weighted by molar-refractivity contribution is 6.07. The number of ketones is 1. The van der Waals surface area contributed by atoms with Gasteiger partial charge in [-0.3, -0.25) is 9.59 Å². The summed E-state index contributed by atoms with van der Waals surface area (Å²) >= 11 is 0. The number of carbonyl (C=O) groups excluding carboxylic acids is 2. The molecule has 0 fully saturated rings. The van der Waals surface area contributed by atoms with E-state index in [0.717, 1.165) is 16.7 Å². The molecule has 0 amide bonds. The minimum absolute atomic E-state index is 0.184. The van der Waals surface area contributed by atoms with Crippen LogP contribution in [0, 0.1) is 5.92 Å². The molecule has 0 saturated carbocycles. The van der Waals surface area contributed by atoms with Gasteiger partial charge in [-0.2, -0.15) is 0 Å². The Balaban J connectivity index is 1.90. The summed E-state index contributed by atoms with van der Waals surface area (Å²) in [6.07, 6.45) is 6.17. The van der Waals surface area contributed by atoms with Crippen molar-refractivity contribution in [3.8, 4) is 0 Å². The number of carbonyl (C=O) groups is 2. The SMILES string of the molecule is CCOC(=O)[C@H]1C(=O)C=C(/C=C\c2ccccc2)C[C@H]1c1ccccc1. The first-order valence-corrected chi connectivity index (χ1v) is 8.88. The van der Waals surface area contributed by atoms with Crippen LogP contribution in [0.25, 0.3) is 6.08 Å². The second-order valence-corrected chi connectivity index (χ2v) is 6.32. The largest absolute Gasteiger partial charge is 0.465 e. The van der Waals surface area contributed by atoms with Crippen molar-refractivity contribution in [1.82, 2.24) is 0 Å². The molecular formula is C23H22O3. The molecule has 2 aromatic rings. The van der Waals surface area contributed by atoms with Crippen LogP contribution in [0.3, 0.4) is 0 Å². The van der Waals surface area contributed by atoms with Crippen molar-refractivity contribution in [2.24, 2.45) is 5.92 Å². The van der Waals surface area contributed by atoms with E-state index in [0.29, 0.717) is 6.42 Å². The number of esters is 1. The van der Waals surface area contributed by atoms with Crippen LogP contribution >= 0.6 is 0 Å². The van der Waals surface area contributed by atoms with E-state index in [9.17, 15) is 9.59 Å². The third-order valence-corrected chi connectivity index (χ3v) is 4.55. The Morgan fingerprint density at radius 3 is 2.35 bits per heavy atom. The zero-order valence-corrected chi connectivity index (χ0v) is 14.8. The van der Waals surface area contributed by atoms with Crippen LogP contribution < -0.4 is 0 Å². The van der Waals surface area contributed by atoms with Gasteiger partial charge in [-0.25, -0.2) is 0 Å². The summed E-state index contributed by atoms with van der Waals surface area (Å²) in [7, 11) is 0. The van der Waals surface area contributed by atoms with Crippen molar-refractivity contribution >= 4 is 17.8 Å². The molecule has 0 spiro atoms. The van der Waals surface area contributed by atoms with Gasteiger partial charge in [0.1, 0.15) is 5.92 Å². The van der Waals surface area contributed by atoms with E-state index >= 15 is 0 Å². The van der Waals surface area contributed by atoms with Crippen LogP contribution in [0.2, 0.25) is 0 Å². The summed E-state index contributed by atoms with van der Waals surface area (Å²) in [6, 6.07) is 19.7. The molecule has 0 saturated heterocycles. The molecule has 26 heavy (non-hydrogen) atoms. The van der Waals surface area contributed by atoms with E-state index < -0.39 is 11.9 Å². The third kappa shape index (κ3) is 4.17. The average molecular weight is 346 g/mol. The molecule has 0 radical (unpaired) electrons. The zero-order valence-electron chi connectivity index (χ0n) is 14.8. The maximum absolute atomic E-state index is 12.7. The van der Waals surface area contributed by atoms with E-state index in [2.05, 4.69) is 0 Å². The van der Waals surface area contributed by atoms with Gasteiger partial charge in [0.2, 0.25) is 0 Å². The van der Waals surface area contributed by atoms with Gasteiger partial charge in [0.25, 0.3) is 0 Å². The Hall–Kier alpha value is -2.94. The van der Waals surface area contributed by atoms with Gasteiger partial charge >= 0.3 is 5.97 Å². The molecule has 2 atom stereocenters. The van der Waals surface area contributed by atoms with Crippen LogP contribution in [0.4, 0.5) is 0 Å². The molecule has 3 heteroatoms. The fourth-order valence-electron chi connectivity index (χ4n) is 3.31. The quantitative estimate of drug-likeness (QED) is 0.589. The number of hydrogen-bond acceptors (Lipinski definition) is 3. The number of allylic oxidation sites excluding steroid dienone is 3. The van der Waals surface area contributed by atoms with Crippen molar-refractivity contribution in [3.05, 3.63) is 89.5 Å². The standard InChI is InChI=1S/C23H22O3/c1-2-26-23(25)22-20(19-11-7-4-8-12-19)15-18(16-21(22)24)14-13-17-9-5-3-6-10-17/h3-14,16,20,22H,2,15H2,1H3/b14-13-/t20-,22+/m0/s1. The Kier molecular flexibility index (Phi) is 5.80. The van der Waals surface area contributed by atoms with Gasteiger partial charge in [-0.05, 0) is 36.1 Å². The van der Waals surface area contributed by atoms with E-state index in [-0.39, 0.29) is 18.3 Å². The highest BCUT2D eigenvalue weighted by Crippen LogP contribution is 2.37. The molecule has 2 aromatic carbocycles. The Labute approximate surface area is 154 Å². The number of ether oxygens (including phenoxy) is 1. The maximum Gasteiger partial charge on any atom is 0.317 e. The smallest absolute Gasteiger partial charge is 0.317 e. The summed E-state index contributed by atoms with van der Waals surface area (Å²) in [4.78, 5) is 25.1. The van der Waals surface area contributed by atoms with Crippen molar-refractivity contribution in [3.63, 3.8) is 0 Å². The molecule has 0 aromatic heterocycles. The lowest BCUT2D eigenvalue weighted by Crippen LogP contribution is -2.34. The van der Waals surface area contributed by atoms with Gasteiger partial charge < -0.3 is 4.74 Å². The van der Waals surface area contributed by atoms with Gasteiger partial charge in [0, 0.05) is 5.92 Å². The molecule has 0 unspecified atom stereocenters. The lowest BCUT2D eigenvalue weighted by molar-refractivity contribution is -0.151. The summed E-state index contributed by atoms with van der Waals surface area (Å²) in [5, 5.41) is 0. The number of rotatable bonds is 5. The predicted octanol–water partition coefficient (Wildman–Crippen LogP) is 4.56. The van der Waals surface area contributed by atoms with Crippen molar-refractivity contribution in [2.45, 2.75) is 19.3 Å². The molecule has 3 nitrogen and oxygen atoms in total. The Morgan fingerprint density at radius 2 is 1.69 bits per heavy atom. The second kappa shape index (κ2) is 8.43. The van der Waals surface area contributed by atoms with Gasteiger partial charge in [0.05, 0.1) is 6.61 Å². The van der Waals surface area contributed by atoms with Crippen molar-refractivity contribution in [2.75, 3.05) is 6.61 Å². The van der Waals surface area contributed by atoms with Crippen LogP contribution in [0.5, 0.6) is 0 Å². The molecule has 0 heterocycles. The number of hydrogen-bond donors (Lipinski definition) is 0. The maximum atomic E-state index is 12.7. The summed E-state index contributed by atoms with van der Waals surface area (Å²) < 4.78 is 5.16. The first-order chi connectivity index (χ1) is 12.7. The monoisotopic (exact) mass is 346 g/mol. The highest BCUT2D eigenvalue weighted by Gasteiger charge is 2.38. The van der Waals surface area contributed by atoms with Crippen molar-refractivity contribution in [1.29, 1.82) is 0 Å². The molecular weight excluding hydrogens is 324 g/mol. The van der Waals surface area contributed by atoms with E-state index in [1.165, 1.54) is 0 Å². The van der Waals surface area contributed by atoms with E-state index in [4.69, 9.17) is 4.74 Å². The summed E-state index contributed by atoms with van der Waals surface area (Å²) in [5.74, 6) is -1.60. The summed E-state index contributed by atoms with van der Waals surface area (Å²) in [6.45, 7) is 2.03. The molecule has 0 bridgehead atoms.